The van der Waals surface area contributed by atoms with Gasteiger partial charge in [-0.2, -0.15) is 5.26 Å². The predicted octanol–water partition coefficient (Wildman–Crippen LogP) is 2.52. The van der Waals surface area contributed by atoms with Crippen LogP contribution < -0.4 is 0 Å². The van der Waals surface area contributed by atoms with Crippen molar-refractivity contribution in [3.8, 4) is 6.07 Å². The minimum absolute atomic E-state index is 0.241. The zero-order valence-electron chi connectivity index (χ0n) is 14.6. The first-order valence-corrected chi connectivity index (χ1v) is 8.15. The van der Waals surface area contributed by atoms with E-state index in [0.29, 0.717) is 24.3 Å². The van der Waals surface area contributed by atoms with Crippen LogP contribution in [0.3, 0.4) is 0 Å². The molecule has 1 amide bonds. The van der Waals surface area contributed by atoms with Crippen LogP contribution in [0.4, 0.5) is 0 Å². The molecular formula is C17H23N3O4. The summed E-state index contributed by atoms with van der Waals surface area (Å²) in [6.45, 7) is 4.77. The van der Waals surface area contributed by atoms with Crippen molar-refractivity contribution in [1.82, 2.24) is 10.1 Å². The van der Waals surface area contributed by atoms with Crippen LogP contribution >= 0.6 is 0 Å². The zero-order valence-corrected chi connectivity index (χ0v) is 14.6. The van der Waals surface area contributed by atoms with Crippen LogP contribution in [0, 0.1) is 25.2 Å². The summed E-state index contributed by atoms with van der Waals surface area (Å²) in [4.78, 5) is 26.3. The maximum Gasteiger partial charge on any atom is 0.344 e. The van der Waals surface area contributed by atoms with E-state index < -0.39 is 17.6 Å². The lowest BCUT2D eigenvalue weighted by atomic mass is 9.81. The number of carbonyl (C=O) groups excluding carboxylic acids is 2. The number of esters is 1. The average Bonchev–Trinajstić information content (AvgIpc) is 2.92. The Morgan fingerprint density at radius 3 is 2.46 bits per heavy atom. The molecule has 130 valence electrons. The number of likely N-dealkylation sites (N-methyl/N-ethyl adjacent to an activating group) is 1. The van der Waals surface area contributed by atoms with Crippen molar-refractivity contribution in [2.24, 2.45) is 0 Å². The quantitative estimate of drug-likeness (QED) is 0.786. The van der Waals surface area contributed by atoms with E-state index in [0.717, 1.165) is 19.3 Å². The van der Waals surface area contributed by atoms with E-state index in [1.165, 1.54) is 11.8 Å². The minimum Gasteiger partial charge on any atom is -0.449 e. The topological polar surface area (TPSA) is 96.4 Å². The summed E-state index contributed by atoms with van der Waals surface area (Å²) in [5.41, 5.74) is -0.143. The highest BCUT2D eigenvalue weighted by atomic mass is 16.5. The zero-order chi connectivity index (χ0) is 17.9. The molecule has 1 aromatic rings. The van der Waals surface area contributed by atoms with Gasteiger partial charge in [-0.25, -0.2) is 4.79 Å². The van der Waals surface area contributed by atoms with Gasteiger partial charge in [-0.3, -0.25) is 4.79 Å². The van der Waals surface area contributed by atoms with Crippen molar-refractivity contribution in [3.63, 3.8) is 0 Å². The Bertz CT molecular complexity index is 648. The third kappa shape index (κ3) is 3.28. The number of hydrogen-bond donors (Lipinski definition) is 0. The largest absolute Gasteiger partial charge is 0.449 e. The molecular weight excluding hydrogens is 310 g/mol. The van der Waals surface area contributed by atoms with Gasteiger partial charge in [0.25, 0.3) is 5.91 Å². The lowest BCUT2D eigenvalue weighted by Gasteiger charge is -2.39. The van der Waals surface area contributed by atoms with E-state index in [1.807, 2.05) is 0 Å². The molecule has 1 aliphatic rings. The van der Waals surface area contributed by atoms with Crippen LogP contribution in [-0.4, -0.2) is 40.6 Å². The van der Waals surface area contributed by atoms with Crippen LogP contribution in [0.1, 0.15) is 60.8 Å². The molecule has 0 aromatic carbocycles. The first kappa shape index (κ1) is 18.0. The molecule has 1 atom stereocenters. The number of amides is 1. The summed E-state index contributed by atoms with van der Waals surface area (Å²) in [6.07, 6.45) is 3.22. The number of ether oxygens (including phenoxy) is 1. The van der Waals surface area contributed by atoms with E-state index in [-0.39, 0.29) is 11.5 Å². The summed E-state index contributed by atoms with van der Waals surface area (Å²) in [6, 6.07) is 2.29. The van der Waals surface area contributed by atoms with E-state index in [2.05, 4.69) is 11.2 Å². The highest BCUT2D eigenvalue weighted by Crippen LogP contribution is 2.33. The summed E-state index contributed by atoms with van der Waals surface area (Å²) < 4.78 is 10.2. The van der Waals surface area contributed by atoms with Crippen LogP contribution in [0.2, 0.25) is 0 Å². The van der Waals surface area contributed by atoms with Gasteiger partial charge in [0.15, 0.2) is 6.10 Å². The lowest BCUT2D eigenvalue weighted by Crippen LogP contribution is -2.53. The van der Waals surface area contributed by atoms with Gasteiger partial charge in [-0.15, -0.1) is 0 Å². The number of hydrogen-bond acceptors (Lipinski definition) is 6. The molecule has 24 heavy (non-hydrogen) atoms. The molecule has 1 aromatic heterocycles. The van der Waals surface area contributed by atoms with Gasteiger partial charge in [-0.1, -0.05) is 24.4 Å². The third-order valence-corrected chi connectivity index (χ3v) is 4.73. The first-order chi connectivity index (χ1) is 11.3. The SMILES string of the molecule is Cc1noc(C)c1C(=O)O[C@@H](C)C(=O)N(C)C1(C#N)CCCCC1. The Balaban J connectivity index is 2.09. The molecule has 0 unspecified atom stereocenters. The van der Waals surface area contributed by atoms with Crippen molar-refractivity contribution in [3.05, 3.63) is 17.0 Å². The van der Waals surface area contributed by atoms with E-state index >= 15 is 0 Å². The Labute approximate surface area is 141 Å². The summed E-state index contributed by atoms with van der Waals surface area (Å²) in [5, 5.41) is 13.3. The minimum atomic E-state index is -0.983. The van der Waals surface area contributed by atoms with Gasteiger partial charge in [0.1, 0.15) is 16.9 Å². The van der Waals surface area contributed by atoms with Crippen molar-refractivity contribution in [2.45, 2.75) is 64.5 Å². The second kappa shape index (κ2) is 7.04. The fourth-order valence-corrected chi connectivity index (χ4v) is 3.19. The number of aromatic nitrogens is 1. The van der Waals surface area contributed by atoms with Gasteiger partial charge in [0, 0.05) is 7.05 Å². The molecule has 7 nitrogen and oxygen atoms in total. The maximum absolute atomic E-state index is 12.6. The monoisotopic (exact) mass is 333 g/mol. The number of nitriles is 1. The smallest absolute Gasteiger partial charge is 0.344 e. The molecule has 0 saturated heterocycles. The van der Waals surface area contributed by atoms with Crippen molar-refractivity contribution < 1.29 is 18.8 Å². The fraction of sp³-hybridized carbons (Fsp3) is 0.647. The van der Waals surface area contributed by atoms with Gasteiger partial charge in [0.2, 0.25) is 0 Å². The fourth-order valence-electron chi connectivity index (χ4n) is 3.19. The Hall–Kier alpha value is -2.36. The highest BCUT2D eigenvalue weighted by Gasteiger charge is 2.41. The molecule has 2 rings (SSSR count). The third-order valence-electron chi connectivity index (χ3n) is 4.73. The van der Waals surface area contributed by atoms with Gasteiger partial charge in [0.05, 0.1) is 11.8 Å². The van der Waals surface area contributed by atoms with E-state index in [1.54, 1.807) is 20.9 Å². The average molecular weight is 333 g/mol. The summed E-state index contributed by atoms with van der Waals surface area (Å²) >= 11 is 0. The normalized spacial score (nSPS) is 17.6. The molecule has 1 fully saturated rings. The number of rotatable bonds is 4. The van der Waals surface area contributed by atoms with E-state index in [4.69, 9.17) is 9.26 Å². The molecule has 1 heterocycles. The molecule has 1 saturated carbocycles. The van der Waals surface area contributed by atoms with Gasteiger partial charge >= 0.3 is 5.97 Å². The Morgan fingerprint density at radius 1 is 1.33 bits per heavy atom. The second-order valence-corrected chi connectivity index (χ2v) is 6.35. The predicted molar refractivity (Wildman–Crippen MR) is 85.1 cm³/mol. The molecule has 0 spiro atoms. The number of nitrogens with zero attached hydrogens (tertiary/aromatic N) is 3. The molecule has 1 aliphatic carbocycles. The molecule has 0 N–H and O–H groups in total. The lowest BCUT2D eigenvalue weighted by molar-refractivity contribution is -0.143. The van der Waals surface area contributed by atoms with Crippen LogP contribution in [0.15, 0.2) is 4.52 Å². The second-order valence-electron chi connectivity index (χ2n) is 6.35. The highest BCUT2D eigenvalue weighted by molar-refractivity contribution is 5.94. The van der Waals surface area contributed by atoms with Crippen LogP contribution in [-0.2, 0) is 9.53 Å². The van der Waals surface area contributed by atoms with Crippen molar-refractivity contribution in [2.75, 3.05) is 7.05 Å². The van der Waals surface area contributed by atoms with Crippen LogP contribution in [0.25, 0.3) is 0 Å². The number of carbonyl (C=O) groups is 2. The van der Waals surface area contributed by atoms with Crippen molar-refractivity contribution >= 4 is 11.9 Å². The summed E-state index contributed by atoms with van der Waals surface area (Å²) in [5.74, 6) is -0.667. The Kier molecular flexibility index (Phi) is 5.27. The van der Waals surface area contributed by atoms with Gasteiger partial charge in [-0.05, 0) is 33.6 Å². The standard InChI is InChI=1S/C17H23N3O4/c1-11-14(12(2)24-19-11)16(22)23-13(3)15(21)20(4)17(10-18)8-6-5-7-9-17/h13H,5-9H2,1-4H3/t13-/m0/s1. The van der Waals surface area contributed by atoms with Gasteiger partial charge < -0.3 is 14.2 Å². The summed E-state index contributed by atoms with van der Waals surface area (Å²) in [7, 11) is 1.61. The molecule has 0 radical (unpaired) electrons. The van der Waals surface area contributed by atoms with Crippen molar-refractivity contribution in [1.29, 1.82) is 5.26 Å². The van der Waals surface area contributed by atoms with Crippen LogP contribution in [0.5, 0.6) is 0 Å². The van der Waals surface area contributed by atoms with E-state index in [9.17, 15) is 14.9 Å². The molecule has 7 heteroatoms. The maximum atomic E-state index is 12.6. The molecule has 0 bridgehead atoms. The molecule has 0 aliphatic heterocycles. The number of aryl methyl sites for hydroxylation is 2. The Morgan fingerprint density at radius 2 is 1.96 bits per heavy atom. The first-order valence-electron chi connectivity index (χ1n) is 8.15.